The van der Waals surface area contributed by atoms with E-state index in [2.05, 4.69) is 14.7 Å². The first-order valence-corrected chi connectivity index (χ1v) is 8.70. The third-order valence-electron chi connectivity index (χ3n) is 3.44. The van der Waals surface area contributed by atoms with Gasteiger partial charge < -0.3 is 13.9 Å². The molecule has 0 radical (unpaired) electrons. The Morgan fingerprint density at radius 2 is 2.00 bits per heavy atom. The van der Waals surface area contributed by atoms with Gasteiger partial charge in [-0.05, 0) is 24.3 Å². The Balaban J connectivity index is 1.59. The number of benzene rings is 1. The summed E-state index contributed by atoms with van der Waals surface area (Å²) in [6.45, 7) is 0.597. The van der Waals surface area contributed by atoms with E-state index >= 15 is 0 Å². The van der Waals surface area contributed by atoms with Crippen LogP contribution < -0.4 is 14.2 Å². The lowest BCUT2D eigenvalue weighted by molar-refractivity contribution is 0.167. The molecule has 3 heterocycles. The molecule has 1 aliphatic heterocycles. The van der Waals surface area contributed by atoms with Gasteiger partial charge in [0, 0.05) is 6.20 Å². The summed E-state index contributed by atoms with van der Waals surface area (Å²) in [6.07, 6.45) is 1.59. The number of pyridine rings is 1. The highest BCUT2D eigenvalue weighted by Crippen LogP contribution is 2.36. The molecule has 1 N–H and O–H groups in total. The number of nitrogens with one attached hydrogen (secondary N) is 1. The minimum absolute atomic E-state index is 0.0222. The van der Waals surface area contributed by atoms with Crippen molar-refractivity contribution in [2.75, 3.05) is 13.2 Å². The summed E-state index contributed by atoms with van der Waals surface area (Å²) in [5.41, 5.74) is 0.932. The van der Waals surface area contributed by atoms with Crippen molar-refractivity contribution in [3.05, 3.63) is 42.4 Å². The fourth-order valence-electron chi connectivity index (χ4n) is 2.38. The minimum atomic E-state index is -3.81. The molecule has 8 nitrogen and oxygen atoms in total. The van der Waals surface area contributed by atoms with E-state index in [1.165, 1.54) is 6.07 Å². The number of nitrogens with zero attached hydrogens (tertiary/aromatic N) is 2. The van der Waals surface area contributed by atoms with Crippen molar-refractivity contribution in [2.24, 2.45) is 0 Å². The fraction of sp³-hybridized carbons (Fsp3) is 0.200. The SMILES string of the molecule is O=S(=O)(NCc1nc2ncccc2o1)c1cccc2c1OCCO2. The van der Waals surface area contributed by atoms with Crippen LogP contribution in [0.15, 0.2) is 45.8 Å². The van der Waals surface area contributed by atoms with E-state index in [0.717, 1.165) is 0 Å². The van der Waals surface area contributed by atoms with Crippen molar-refractivity contribution in [2.45, 2.75) is 11.4 Å². The molecule has 0 aliphatic carbocycles. The van der Waals surface area contributed by atoms with Gasteiger partial charge in [-0.25, -0.2) is 18.1 Å². The molecule has 0 saturated carbocycles. The maximum absolute atomic E-state index is 12.6. The predicted molar refractivity (Wildman–Crippen MR) is 83.3 cm³/mol. The van der Waals surface area contributed by atoms with Crippen molar-refractivity contribution in [3.63, 3.8) is 0 Å². The first-order valence-electron chi connectivity index (χ1n) is 7.22. The third-order valence-corrected chi connectivity index (χ3v) is 4.87. The summed E-state index contributed by atoms with van der Waals surface area (Å²) in [4.78, 5) is 8.20. The maximum atomic E-state index is 12.6. The second-order valence-corrected chi connectivity index (χ2v) is 6.77. The Hall–Kier alpha value is -2.65. The molecule has 24 heavy (non-hydrogen) atoms. The molecule has 0 amide bonds. The zero-order chi connectivity index (χ0) is 16.6. The molecule has 1 aliphatic rings. The molecular weight excluding hydrogens is 334 g/mol. The molecule has 0 atom stereocenters. The highest BCUT2D eigenvalue weighted by Gasteiger charge is 2.25. The number of hydrogen-bond acceptors (Lipinski definition) is 7. The summed E-state index contributed by atoms with van der Waals surface area (Å²) in [5.74, 6) is 0.861. The smallest absolute Gasteiger partial charge is 0.244 e. The van der Waals surface area contributed by atoms with E-state index in [9.17, 15) is 8.42 Å². The summed E-state index contributed by atoms with van der Waals surface area (Å²) in [5, 5.41) is 0. The first-order chi connectivity index (χ1) is 11.6. The number of fused-ring (bicyclic) bond motifs is 2. The Morgan fingerprint density at radius 1 is 1.12 bits per heavy atom. The van der Waals surface area contributed by atoms with Gasteiger partial charge in [0.2, 0.25) is 15.9 Å². The number of aromatic nitrogens is 2. The van der Waals surface area contributed by atoms with Gasteiger partial charge in [-0.2, -0.15) is 4.98 Å². The molecule has 4 rings (SSSR count). The standard InChI is InChI=1S/C15H13N3O5S/c19-24(20,12-5-1-3-10-14(12)22-8-7-21-10)17-9-13-18-15-11(23-13)4-2-6-16-15/h1-6,17H,7-9H2. The zero-order valence-corrected chi connectivity index (χ0v) is 13.2. The topological polar surface area (TPSA) is 104 Å². The van der Waals surface area contributed by atoms with Crippen molar-refractivity contribution in [3.8, 4) is 11.5 Å². The van der Waals surface area contributed by atoms with Gasteiger partial charge in [0.1, 0.15) is 18.1 Å². The van der Waals surface area contributed by atoms with Gasteiger partial charge in [-0.3, -0.25) is 0 Å². The van der Waals surface area contributed by atoms with Gasteiger partial charge in [0.25, 0.3) is 0 Å². The molecule has 1 aromatic carbocycles. The second kappa shape index (κ2) is 5.77. The van der Waals surface area contributed by atoms with Crippen LogP contribution in [0.3, 0.4) is 0 Å². The van der Waals surface area contributed by atoms with E-state index in [-0.39, 0.29) is 23.1 Å². The summed E-state index contributed by atoms with van der Waals surface area (Å²) in [6, 6.07) is 8.16. The Morgan fingerprint density at radius 3 is 2.88 bits per heavy atom. The van der Waals surface area contributed by atoms with Crippen LogP contribution in [-0.4, -0.2) is 31.6 Å². The molecule has 3 aromatic rings. The van der Waals surface area contributed by atoms with Gasteiger partial charge in [0.05, 0.1) is 6.54 Å². The first kappa shape index (κ1) is 14.9. The summed E-state index contributed by atoms with van der Waals surface area (Å²) >= 11 is 0. The number of oxazole rings is 1. The molecule has 9 heteroatoms. The van der Waals surface area contributed by atoms with Gasteiger partial charge >= 0.3 is 0 Å². The third kappa shape index (κ3) is 2.68. The summed E-state index contributed by atoms with van der Waals surface area (Å²) in [7, 11) is -3.81. The van der Waals surface area contributed by atoms with E-state index in [1.807, 2.05) is 0 Å². The van der Waals surface area contributed by atoms with Crippen molar-refractivity contribution in [1.82, 2.24) is 14.7 Å². The van der Waals surface area contributed by atoms with Crippen LogP contribution in [0.1, 0.15) is 5.89 Å². The second-order valence-electron chi connectivity index (χ2n) is 5.04. The summed E-state index contributed by atoms with van der Waals surface area (Å²) < 4.78 is 43.9. The number of para-hydroxylation sites is 1. The number of hydrogen-bond donors (Lipinski definition) is 1. The number of ether oxygens (including phenoxy) is 2. The van der Waals surface area contributed by atoms with E-state index in [1.54, 1.807) is 30.5 Å². The fourth-order valence-corrected chi connectivity index (χ4v) is 3.51. The number of rotatable bonds is 4. The average molecular weight is 347 g/mol. The minimum Gasteiger partial charge on any atom is -0.486 e. The van der Waals surface area contributed by atoms with Crippen LogP contribution in [0.2, 0.25) is 0 Å². The van der Waals surface area contributed by atoms with Crippen LogP contribution in [0.4, 0.5) is 0 Å². The highest BCUT2D eigenvalue weighted by atomic mass is 32.2. The van der Waals surface area contributed by atoms with E-state index in [0.29, 0.717) is 30.2 Å². The Bertz CT molecular complexity index is 966. The molecule has 0 unspecified atom stereocenters. The van der Waals surface area contributed by atoms with E-state index < -0.39 is 10.0 Å². The monoisotopic (exact) mass is 347 g/mol. The van der Waals surface area contributed by atoms with Gasteiger partial charge in [0.15, 0.2) is 22.7 Å². The highest BCUT2D eigenvalue weighted by molar-refractivity contribution is 7.89. The predicted octanol–water partition coefficient (Wildman–Crippen LogP) is 1.47. The molecule has 0 spiro atoms. The normalized spacial score (nSPS) is 14.0. The quantitative estimate of drug-likeness (QED) is 0.762. The molecule has 0 saturated heterocycles. The van der Waals surface area contributed by atoms with Crippen LogP contribution >= 0.6 is 0 Å². The zero-order valence-electron chi connectivity index (χ0n) is 12.4. The van der Waals surface area contributed by atoms with Crippen molar-refractivity contribution in [1.29, 1.82) is 0 Å². The van der Waals surface area contributed by atoms with Gasteiger partial charge in [-0.15, -0.1) is 0 Å². The van der Waals surface area contributed by atoms with Crippen molar-refractivity contribution >= 4 is 21.3 Å². The molecule has 2 aromatic heterocycles. The largest absolute Gasteiger partial charge is 0.486 e. The maximum Gasteiger partial charge on any atom is 0.244 e. The lowest BCUT2D eigenvalue weighted by atomic mass is 10.3. The molecule has 124 valence electrons. The number of sulfonamides is 1. The Labute approximate surface area is 137 Å². The van der Waals surface area contributed by atoms with E-state index in [4.69, 9.17) is 13.9 Å². The molecule has 0 fully saturated rings. The molecule has 0 bridgehead atoms. The van der Waals surface area contributed by atoms with Gasteiger partial charge in [-0.1, -0.05) is 6.07 Å². The average Bonchev–Trinajstić information content (AvgIpc) is 3.03. The van der Waals surface area contributed by atoms with Crippen LogP contribution in [0.5, 0.6) is 11.5 Å². The van der Waals surface area contributed by atoms with Crippen LogP contribution in [0.25, 0.3) is 11.2 Å². The van der Waals surface area contributed by atoms with Crippen LogP contribution in [0, 0.1) is 0 Å². The lowest BCUT2D eigenvalue weighted by Gasteiger charge is -2.20. The Kier molecular flexibility index (Phi) is 3.58. The lowest BCUT2D eigenvalue weighted by Crippen LogP contribution is -2.25. The molecular formula is C15H13N3O5S. The van der Waals surface area contributed by atoms with Crippen molar-refractivity contribution < 1.29 is 22.3 Å². The van der Waals surface area contributed by atoms with Crippen LogP contribution in [-0.2, 0) is 16.6 Å².